The standard InChI is InChI=1S/C2H4NO/c3-1-2-4/h2-3H,1H2. The molecular formula is C2H4NO. The fraction of sp³-hybridized carbons (Fsp3) is 0.500. The quantitative estimate of drug-likeness (QED) is 0.373. The fourth-order valence-corrected chi connectivity index (χ4v) is 0. The van der Waals surface area contributed by atoms with Crippen molar-refractivity contribution in [3.8, 4) is 0 Å². The lowest BCUT2D eigenvalue weighted by molar-refractivity contribution is -0.106. The van der Waals surface area contributed by atoms with Crippen molar-refractivity contribution in [3.63, 3.8) is 0 Å². The van der Waals surface area contributed by atoms with Crippen LogP contribution in [0, 0.1) is 0 Å². The SMILES string of the molecule is [NH]CC=O. The van der Waals surface area contributed by atoms with Crippen molar-refractivity contribution in [1.82, 2.24) is 5.73 Å². The van der Waals surface area contributed by atoms with Crippen LogP contribution in [0.15, 0.2) is 0 Å². The molecule has 2 nitrogen and oxygen atoms in total. The maximum atomic E-state index is 8.99. The van der Waals surface area contributed by atoms with Gasteiger partial charge in [0.2, 0.25) is 0 Å². The molecule has 0 aromatic heterocycles. The molecule has 0 bridgehead atoms. The summed E-state index contributed by atoms with van der Waals surface area (Å²) in [5.74, 6) is 0. The minimum atomic E-state index is -0.111. The third-order valence-electron chi connectivity index (χ3n) is 0.0833. The molecule has 0 saturated carbocycles. The third kappa shape index (κ3) is 1.63. The Kier molecular flexibility index (Phi) is 2.39. The van der Waals surface area contributed by atoms with Crippen LogP contribution >= 0.6 is 0 Å². The zero-order valence-electron chi connectivity index (χ0n) is 2.19. The van der Waals surface area contributed by atoms with E-state index in [1.54, 1.807) is 0 Å². The van der Waals surface area contributed by atoms with Gasteiger partial charge in [-0.1, -0.05) is 0 Å². The first-order valence-electron chi connectivity index (χ1n) is 0.998. The van der Waals surface area contributed by atoms with Crippen molar-refractivity contribution in [2.75, 3.05) is 6.54 Å². The number of hydrogen-bond acceptors (Lipinski definition) is 1. The zero-order valence-corrected chi connectivity index (χ0v) is 2.19. The smallest absolute Gasteiger partial charge is 0.135 e. The highest BCUT2D eigenvalue weighted by atomic mass is 16.1. The Bertz CT molecular complexity index is 20.0. The number of nitrogens with one attached hydrogen (secondary N) is 1. The second-order valence-electron chi connectivity index (χ2n) is 0.371. The normalized spacial score (nSPS) is 6.25. The summed E-state index contributed by atoms with van der Waals surface area (Å²) in [6.45, 7) is -0.111. The van der Waals surface area contributed by atoms with Crippen molar-refractivity contribution in [3.05, 3.63) is 0 Å². The van der Waals surface area contributed by atoms with Gasteiger partial charge in [-0.05, 0) is 0 Å². The summed E-state index contributed by atoms with van der Waals surface area (Å²) >= 11 is 0. The first kappa shape index (κ1) is 3.63. The minimum Gasteiger partial charge on any atom is -0.302 e. The zero-order chi connectivity index (χ0) is 3.41. The average Bonchev–Trinajstić information content (AvgIpc) is 1.37. The van der Waals surface area contributed by atoms with E-state index in [1.165, 1.54) is 0 Å². The first-order chi connectivity index (χ1) is 1.91. The van der Waals surface area contributed by atoms with Gasteiger partial charge in [-0.3, -0.25) is 5.73 Å². The lowest BCUT2D eigenvalue weighted by atomic mass is 10.8. The maximum Gasteiger partial charge on any atom is 0.135 e. The van der Waals surface area contributed by atoms with Crippen molar-refractivity contribution in [2.45, 2.75) is 0 Å². The van der Waals surface area contributed by atoms with Crippen LogP contribution in [0.1, 0.15) is 0 Å². The van der Waals surface area contributed by atoms with E-state index in [2.05, 4.69) is 0 Å². The van der Waals surface area contributed by atoms with Gasteiger partial charge in [-0.25, -0.2) is 0 Å². The number of aldehydes is 1. The molecule has 1 N–H and O–H groups in total. The lowest BCUT2D eigenvalue weighted by Crippen LogP contribution is -1.79. The number of rotatable bonds is 1. The van der Waals surface area contributed by atoms with E-state index in [9.17, 15) is 0 Å². The molecule has 2 heteroatoms. The molecule has 0 aliphatic heterocycles. The number of hydrogen-bond donors (Lipinski definition) is 0. The average molecular weight is 58.1 g/mol. The second kappa shape index (κ2) is 2.63. The predicted octanol–water partition coefficient (Wildman–Crippen LogP) is -0.532. The van der Waals surface area contributed by atoms with Crippen LogP contribution in [-0.4, -0.2) is 12.8 Å². The Morgan fingerprint density at radius 3 is 2.25 bits per heavy atom. The third-order valence-corrected chi connectivity index (χ3v) is 0.0833. The molecule has 0 fully saturated rings. The Morgan fingerprint density at radius 1 is 2.00 bits per heavy atom. The van der Waals surface area contributed by atoms with Gasteiger partial charge < -0.3 is 4.79 Å². The highest BCUT2D eigenvalue weighted by Gasteiger charge is 1.53. The first-order valence-corrected chi connectivity index (χ1v) is 0.998. The van der Waals surface area contributed by atoms with Gasteiger partial charge in [0.1, 0.15) is 6.29 Å². The van der Waals surface area contributed by atoms with Gasteiger partial charge in [-0.15, -0.1) is 0 Å². The Hall–Kier alpha value is -0.370. The molecule has 0 rings (SSSR count). The Morgan fingerprint density at radius 2 is 2.25 bits per heavy atom. The Labute approximate surface area is 24.6 Å². The van der Waals surface area contributed by atoms with Gasteiger partial charge >= 0.3 is 0 Å². The summed E-state index contributed by atoms with van der Waals surface area (Å²) in [6, 6.07) is 0. The molecule has 0 spiro atoms. The van der Waals surface area contributed by atoms with Crippen LogP contribution < -0.4 is 5.73 Å². The lowest BCUT2D eigenvalue weighted by Gasteiger charge is -1.52. The maximum absolute atomic E-state index is 8.99. The van der Waals surface area contributed by atoms with E-state index in [0.717, 1.165) is 0 Å². The van der Waals surface area contributed by atoms with Crippen LogP contribution in [0.5, 0.6) is 0 Å². The van der Waals surface area contributed by atoms with Crippen LogP contribution in [0.25, 0.3) is 0 Å². The molecule has 0 aliphatic rings. The summed E-state index contributed by atoms with van der Waals surface area (Å²) in [5, 5.41) is 0. The molecule has 0 amide bonds. The van der Waals surface area contributed by atoms with Gasteiger partial charge in [0, 0.05) is 0 Å². The predicted molar refractivity (Wildman–Crippen MR) is 14.0 cm³/mol. The van der Waals surface area contributed by atoms with Crippen molar-refractivity contribution >= 4 is 6.29 Å². The summed E-state index contributed by atoms with van der Waals surface area (Å²) in [7, 11) is 0. The number of carbonyl (C=O) groups excluding carboxylic acids is 1. The van der Waals surface area contributed by atoms with Crippen molar-refractivity contribution < 1.29 is 4.79 Å². The Balaban J connectivity index is 2.30. The molecule has 1 radical (unpaired) electrons. The molecule has 0 aromatic carbocycles. The molecule has 0 unspecified atom stereocenters. The summed E-state index contributed by atoms with van der Waals surface area (Å²) < 4.78 is 0. The van der Waals surface area contributed by atoms with E-state index in [-0.39, 0.29) is 6.54 Å². The van der Waals surface area contributed by atoms with Crippen LogP contribution in [0.4, 0.5) is 0 Å². The molecule has 0 heterocycles. The molecule has 23 valence electrons. The summed E-state index contributed by atoms with van der Waals surface area (Å²) in [6.07, 6.45) is 0.542. The van der Waals surface area contributed by atoms with Crippen LogP contribution in [-0.2, 0) is 4.79 Å². The van der Waals surface area contributed by atoms with Gasteiger partial charge in [0.15, 0.2) is 0 Å². The summed E-state index contributed by atoms with van der Waals surface area (Å²) in [5.41, 5.74) is 6.08. The molecule has 4 heavy (non-hydrogen) atoms. The van der Waals surface area contributed by atoms with Gasteiger partial charge in [0.05, 0.1) is 6.54 Å². The van der Waals surface area contributed by atoms with E-state index in [1.807, 2.05) is 0 Å². The fourth-order valence-electron chi connectivity index (χ4n) is 0. The van der Waals surface area contributed by atoms with Gasteiger partial charge in [0.25, 0.3) is 0 Å². The molecule has 0 atom stereocenters. The molecular weight excluding hydrogens is 54.0 g/mol. The van der Waals surface area contributed by atoms with Crippen molar-refractivity contribution in [2.24, 2.45) is 0 Å². The monoisotopic (exact) mass is 58.0 g/mol. The largest absolute Gasteiger partial charge is 0.302 e. The summed E-state index contributed by atoms with van der Waals surface area (Å²) in [4.78, 5) is 8.99. The van der Waals surface area contributed by atoms with E-state index in [4.69, 9.17) is 10.5 Å². The van der Waals surface area contributed by atoms with E-state index >= 15 is 0 Å². The van der Waals surface area contributed by atoms with Crippen LogP contribution in [0.2, 0.25) is 0 Å². The van der Waals surface area contributed by atoms with Gasteiger partial charge in [-0.2, -0.15) is 0 Å². The number of carbonyl (C=O) groups is 1. The molecule has 0 saturated heterocycles. The van der Waals surface area contributed by atoms with Crippen LogP contribution in [0.3, 0.4) is 0 Å². The highest BCUT2D eigenvalue weighted by Crippen LogP contribution is 1.24. The second-order valence-corrected chi connectivity index (χ2v) is 0.371. The minimum absolute atomic E-state index is 0.111. The van der Waals surface area contributed by atoms with Crippen molar-refractivity contribution in [1.29, 1.82) is 0 Å². The van der Waals surface area contributed by atoms with E-state index in [0.29, 0.717) is 6.29 Å². The molecule has 0 aliphatic carbocycles. The topological polar surface area (TPSA) is 40.9 Å². The van der Waals surface area contributed by atoms with E-state index < -0.39 is 0 Å². The molecule has 0 aromatic rings. The highest BCUT2D eigenvalue weighted by molar-refractivity contribution is 5.51.